The van der Waals surface area contributed by atoms with Crippen molar-refractivity contribution in [2.75, 3.05) is 26.7 Å². The van der Waals surface area contributed by atoms with E-state index in [1.807, 2.05) is 31.2 Å². The third-order valence-electron chi connectivity index (χ3n) is 3.51. The van der Waals surface area contributed by atoms with Crippen molar-refractivity contribution in [3.8, 4) is 0 Å². The fourth-order valence-corrected chi connectivity index (χ4v) is 2.57. The van der Waals surface area contributed by atoms with Gasteiger partial charge in [-0.3, -0.25) is 14.7 Å². The highest BCUT2D eigenvalue weighted by atomic mass is 127. The van der Waals surface area contributed by atoms with E-state index in [0.29, 0.717) is 17.5 Å². The first-order chi connectivity index (χ1) is 11.0. The number of carbonyl (C=O) groups is 2. The minimum Gasteiger partial charge on any atom is -0.355 e. The molecule has 132 valence electrons. The number of guanidine groups is 1. The lowest BCUT2D eigenvalue weighted by Gasteiger charge is -2.20. The molecule has 0 spiro atoms. The largest absolute Gasteiger partial charge is 0.355 e. The Morgan fingerprint density at radius 1 is 1.42 bits per heavy atom. The van der Waals surface area contributed by atoms with Crippen molar-refractivity contribution < 1.29 is 9.59 Å². The Morgan fingerprint density at radius 3 is 2.71 bits per heavy atom. The van der Waals surface area contributed by atoms with Crippen LogP contribution in [-0.4, -0.2) is 49.5 Å². The number of rotatable bonds is 5. The number of nitrogens with one attached hydrogen (secondary N) is 3. The van der Waals surface area contributed by atoms with Crippen LogP contribution in [0.4, 0.5) is 4.79 Å². The Balaban J connectivity index is 0.00000288. The molecule has 24 heavy (non-hydrogen) atoms. The van der Waals surface area contributed by atoms with Crippen molar-refractivity contribution in [1.82, 2.24) is 20.9 Å². The Labute approximate surface area is 163 Å². The molecule has 1 aliphatic heterocycles. The molecule has 0 radical (unpaired) electrons. The van der Waals surface area contributed by atoms with Gasteiger partial charge in [0.05, 0.1) is 12.6 Å². The standard InChI is InChI=1S/C15H20ClN5O2.HI/c1-10(11-5-3-4-6-12(11)16)20-14(17-2)18-7-8-21-13(22)9-19-15(21)23;/h3-6,10H,7-9H2,1-2H3,(H,19,23)(H2,17,18,20);1H. The van der Waals surface area contributed by atoms with Gasteiger partial charge in [0.15, 0.2) is 5.96 Å². The summed E-state index contributed by atoms with van der Waals surface area (Å²) in [6.45, 7) is 2.74. The van der Waals surface area contributed by atoms with E-state index < -0.39 is 0 Å². The molecular formula is C15H21ClIN5O2. The fourth-order valence-electron chi connectivity index (χ4n) is 2.27. The third-order valence-corrected chi connectivity index (χ3v) is 3.86. The van der Waals surface area contributed by atoms with Crippen LogP contribution >= 0.6 is 35.6 Å². The van der Waals surface area contributed by atoms with Crippen LogP contribution in [0.15, 0.2) is 29.3 Å². The Morgan fingerprint density at radius 2 is 2.12 bits per heavy atom. The van der Waals surface area contributed by atoms with Crippen molar-refractivity contribution >= 4 is 53.5 Å². The van der Waals surface area contributed by atoms with Crippen LogP contribution in [0.1, 0.15) is 18.5 Å². The summed E-state index contributed by atoms with van der Waals surface area (Å²) >= 11 is 6.18. The van der Waals surface area contributed by atoms with Gasteiger partial charge in [-0.25, -0.2) is 4.79 Å². The van der Waals surface area contributed by atoms with E-state index >= 15 is 0 Å². The number of amides is 3. The second kappa shape index (κ2) is 9.67. The van der Waals surface area contributed by atoms with Crippen molar-refractivity contribution in [3.63, 3.8) is 0 Å². The van der Waals surface area contributed by atoms with E-state index in [4.69, 9.17) is 11.6 Å². The number of urea groups is 1. The van der Waals surface area contributed by atoms with Crippen molar-refractivity contribution in [1.29, 1.82) is 0 Å². The minimum atomic E-state index is -0.357. The lowest BCUT2D eigenvalue weighted by Crippen LogP contribution is -2.43. The number of benzene rings is 1. The van der Waals surface area contributed by atoms with Crippen molar-refractivity contribution in [2.45, 2.75) is 13.0 Å². The summed E-state index contributed by atoms with van der Waals surface area (Å²) in [6, 6.07) is 7.19. The second-order valence-electron chi connectivity index (χ2n) is 5.09. The topological polar surface area (TPSA) is 85.8 Å². The molecule has 1 unspecified atom stereocenters. The predicted molar refractivity (Wildman–Crippen MR) is 105 cm³/mol. The average Bonchev–Trinajstić information content (AvgIpc) is 2.85. The van der Waals surface area contributed by atoms with Crippen LogP contribution in [0.3, 0.4) is 0 Å². The summed E-state index contributed by atoms with van der Waals surface area (Å²) in [5.74, 6) is 0.355. The van der Waals surface area contributed by atoms with Gasteiger partial charge in [0.1, 0.15) is 0 Å². The molecule has 0 aliphatic carbocycles. The van der Waals surface area contributed by atoms with Crippen LogP contribution in [0.25, 0.3) is 0 Å². The number of halogens is 2. The first-order valence-electron chi connectivity index (χ1n) is 7.32. The number of nitrogens with zero attached hydrogens (tertiary/aromatic N) is 2. The summed E-state index contributed by atoms with van der Waals surface area (Å²) < 4.78 is 0. The molecule has 9 heteroatoms. The normalized spacial score (nSPS) is 15.6. The quantitative estimate of drug-likeness (QED) is 0.268. The zero-order valence-electron chi connectivity index (χ0n) is 13.5. The molecule has 1 aromatic rings. The average molecular weight is 466 g/mol. The van der Waals surface area contributed by atoms with Crippen LogP contribution in [0.2, 0.25) is 5.02 Å². The molecule has 1 atom stereocenters. The monoisotopic (exact) mass is 465 g/mol. The molecule has 0 bridgehead atoms. The molecule has 3 amide bonds. The Bertz CT molecular complexity index is 610. The van der Waals surface area contributed by atoms with Crippen LogP contribution in [0.5, 0.6) is 0 Å². The molecule has 0 saturated carbocycles. The molecule has 1 heterocycles. The summed E-state index contributed by atoms with van der Waals surface area (Å²) in [5.41, 5.74) is 0.964. The maximum absolute atomic E-state index is 11.5. The number of carbonyl (C=O) groups excluding carboxylic acids is 2. The number of hydrogen-bond acceptors (Lipinski definition) is 3. The molecule has 1 saturated heterocycles. The van der Waals surface area contributed by atoms with Gasteiger partial charge in [-0.05, 0) is 18.6 Å². The lowest BCUT2D eigenvalue weighted by molar-refractivity contribution is -0.124. The highest BCUT2D eigenvalue weighted by molar-refractivity contribution is 14.0. The number of aliphatic imine (C=N–C) groups is 1. The van der Waals surface area contributed by atoms with Gasteiger partial charge in [0.2, 0.25) is 5.91 Å². The zero-order chi connectivity index (χ0) is 16.8. The summed E-state index contributed by atoms with van der Waals surface area (Å²) in [4.78, 5) is 28.2. The molecule has 0 aromatic heterocycles. The smallest absolute Gasteiger partial charge is 0.324 e. The van der Waals surface area contributed by atoms with Gasteiger partial charge in [-0.15, -0.1) is 24.0 Å². The van der Waals surface area contributed by atoms with Gasteiger partial charge in [0.25, 0.3) is 0 Å². The van der Waals surface area contributed by atoms with E-state index in [1.165, 1.54) is 4.90 Å². The zero-order valence-corrected chi connectivity index (χ0v) is 16.6. The first kappa shape index (κ1) is 20.5. The molecule has 1 fully saturated rings. The van der Waals surface area contributed by atoms with E-state index in [-0.39, 0.29) is 55.0 Å². The maximum Gasteiger partial charge on any atom is 0.324 e. The minimum absolute atomic E-state index is 0. The van der Waals surface area contributed by atoms with Gasteiger partial charge < -0.3 is 16.0 Å². The third kappa shape index (κ3) is 5.23. The molecule has 1 aromatic carbocycles. The van der Waals surface area contributed by atoms with Gasteiger partial charge in [-0.1, -0.05) is 29.8 Å². The van der Waals surface area contributed by atoms with E-state index in [0.717, 1.165) is 5.56 Å². The fraction of sp³-hybridized carbons (Fsp3) is 0.400. The molecular weight excluding hydrogens is 445 g/mol. The van der Waals surface area contributed by atoms with E-state index in [2.05, 4.69) is 20.9 Å². The van der Waals surface area contributed by atoms with Gasteiger partial charge in [-0.2, -0.15) is 0 Å². The summed E-state index contributed by atoms with van der Waals surface area (Å²) in [5, 5.41) is 9.46. The first-order valence-corrected chi connectivity index (χ1v) is 7.70. The van der Waals surface area contributed by atoms with Gasteiger partial charge >= 0.3 is 6.03 Å². The predicted octanol–water partition coefficient (Wildman–Crippen LogP) is 1.74. The van der Waals surface area contributed by atoms with Crippen LogP contribution in [0, 0.1) is 0 Å². The maximum atomic E-state index is 11.5. The highest BCUT2D eigenvalue weighted by Gasteiger charge is 2.27. The molecule has 3 N–H and O–H groups in total. The van der Waals surface area contributed by atoms with Crippen molar-refractivity contribution in [2.24, 2.45) is 4.99 Å². The summed E-state index contributed by atoms with van der Waals surface area (Å²) in [7, 11) is 1.66. The van der Waals surface area contributed by atoms with Crippen LogP contribution < -0.4 is 16.0 Å². The summed E-state index contributed by atoms with van der Waals surface area (Å²) in [6.07, 6.45) is 0. The van der Waals surface area contributed by atoms with E-state index in [1.54, 1.807) is 7.05 Å². The van der Waals surface area contributed by atoms with Gasteiger partial charge in [0, 0.05) is 25.2 Å². The number of hydrogen-bond donors (Lipinski definition) is 3. The molecule has 2 rings (SSSR count). The number of imide groups is 1. The highest BCUT2D eigenvalue weighted by Crippen LogP contribution is 2.21. The molecule has 1 aliphatic rings. The second-order valence-corrected chi connectivity index (χ2v) is 5.50. The Kier molecular flexibility index (Phi) is 8.26. The van der Waals surface area contributed by atoms with Crippen LogP contribution in [-0.2, 0) is 4.79 Å². The van der Waals surface area contributed by atoms with Crippen molar-refractivity contribution in [3.05, 3.63) is 34.9 Å². The SMILES string of the molecule is CN=C(NCCN1C(=O)CNC1=O)NC(C)c1ccccc1Cl.I. The van der Waals surface area contributed by atoms with E-state index in [9.17, 15) is 9.59 Å². The lowest BCUT2D eigenvalue weighted by atomic mass is 10.1. The Hall–Kier alpha value is -1.55. The molecule has 7 nitrogen and oxygen atoms in total.